The molecular formula is C23H45NO2. The molecule has 1 heterocycles. The van der Waals surface area contributed by atoms with Gasteiger partial charge in [-0.2, -0.15) is 0 Å². The van der Waals surface area contributed by atoms with E-state index in [0.29, 0.717) is 6.42 Å². The fourth-order valence-corrected chi connectivity index (χ4v) is 3.64. The Labute approximate surface area is 163 Å². The van der Waals surface area contributed by atoms with E-state index in [1.165, 1.54) is 89.9 Å². The van der Waals surface area contributed by atoms with Crippen molar-refractivity contribution < 1.29 is 9.53 Å². The Kier molecular flexibility index (Phi) is 13.1. The maximum atomic E-state index is 12.1. The van der Waals surface area contributed by atoms with Crippen molar-refractivity contribution in [1.29, 1.82) is 0 Å². The van der Waals surface area contributed by atoms with E-state index in [9.17, 15) is 4.79 Å². The molecule has 0 spiro atoms. The molecule has 3 heteroatoms. The number of hydrogen-bond acceptors (Lipinski definition) is 2. The van der Waals surface area contributed by atoms with Gasteiger partial charge in [0.2, 0.25) is 5.91 Å². The van der Waals surface area contributed by atoms with Crippen LogP contribution in [-0.4, -0.2) is 36.6 Å². The van der Waals surface area contributed by atoms with Crippen LogP contribution in [0, 0.1) is 0 Å². The van der Waals surface area contributed by atoms with Gasteiger partial charge in [0.15, 0.2) is 0 Å². The number of nitrogens with zero attached hydrogens (tertiary/aromatic N) is 1. The molecule has 1 amide bonds. The third-order valence-electron chi connectivity index (χ3n) is 5.63. The first kappa shape index (κ1) is 23.5. The number of hydrogen-bond donors (Lipinski definition) is 0. The van der Waals surface area contributed by atoms with Crippen LogP contribution in [0.15, 0.2) is 0 Å². The van der Waals surface area contributed by atoms with Crippen LogP contribution < -0.4 is 0 Å². The molecule has 0 bridgehead atoms. The summed E-state index contributed by atoms with van der Waals surface area (Å²) in [5.41, 5.74) is -0.0561. The SMILES string of the molecule is CCCCCCCCCCCCCCCCCC(=O)N(C)CC1(C)CO1. The maximum absolute atomic E-state index is 12.1. The number of amides is 1. The Bertz CT molecular complexity index is 352. The van der Waals surface area contributed by atoms with Gasteiger partial charge in [-0.1, -0.05) is 96.8 Å². The number of epoxide rings is 1. The van der Waals surface area contributed by atoms with Crippen molar-refractivity contribution in [3.63, 3.8) is 0 Å². The lowest BCUT2D eigenvalue weighted by atomic mass is 10.0. The first-order chi connectivity index (χ1) is 12.6. The Hall–Kier alpha value is -0.570. The zero-order valence-corrected chi connectivity index (χ0v) is 18.0. The summed E-state index contributed by atoms with van der Waals surface area (Å²) < 4.78 is 5.35. The van der Waals surface area contributed by atoms with Gasteiger partial charge in [-0.15, -0.1) is 0 Å². The van der Waals surface area contributed by atoms with Gasteiger partial charge in [-0.25, -0.2) is 0 Å². The second-order valence-electron chi connectivity index (χ2n) is 8.69. The molecule has 0 aromatic carbocycles. The third kappa shape index (κ3) is 12.7. The van der Waals surface area contributed by atoms with Crippen LogP contribution in [0.1, 0.15) is 117 Å². The summed E-state index contributed by atoms with van der Waals surface area (Å²) in [7, 11) is 1.90. The topological polar surface area (TPSA) is 32.8 Å². The summed E-state index contributed by atoms with van der Waals surface area (Å²) in [6.45, 7) is 5.89. The number of likely N-dealkylation sites (N-methyl/N-ethyl adjacent to an activating group) is 1. The van der Waals surface area contributed by atoms with Gasteiger partial charge < -0.3 is 9.64 Å². The quantitative estimate of drug-likeness (QED) is 0.205. The first-order valence-corrected chi connectivity index (χ1v) is 11.5. The van der Waals surface area contributed by atoms with Crippen molar-refractivity contribution in [2.24, 2.45) is 0 Å². The number of carbonyl (C=O) groups excluding carboxylic acids is 1. The molecule has 154 valence electrons. The Morgan fingerprint density at radius 2 is 1.19 bits per heavy atom. The average molecular weight is 368 g/mol. The minimum Gasteiger partial charge on any atom is -0.368 e. The minimum absolute atomic E-state index is 0.0561. The second-order valence-corrected chi connectivity index (χ2v) is 8.69. The van der Waals surface area contributed by atoms with Gasteiger partial charge in [-0.3, -0.25) is 4.79 Å². The lowest BCUT2D eigenvalue weighted by Gasteiger charge is -2.19. The molecule has 1 aliphatic rings. The summed E-state index contributed by atoms with van der Waals surface area (Å²) in [4.78, 5) is 13.9. The molecule has 0 aliphatic carbocycles. The first-order valence-electron chi connectivity index (χ1n) is 11.5. The van der Waals surface area contributed by atoms with E-state index in [4.69, 9.17) is 4.74 Å². The molecule has 0 N–H and O–H groups in total. The van der Waals surface area contributed by atoms with Gasteiger partial charge in [-0.05, 0) is 13.3 Å². The fraction of sp³-hybridized carbons (Fsp3) is 0.957. The van der Waals surface area contributed by atoms with Crippen LogP contribution in [0.4, 0.5) is 0 Å². The summed E-state index contributed by atoms with van der Waals surface area (Å²) >= 11 is 0. The van der Waals surface area contributed by atoms with E-state index in [1.54, 1.807) is 0 Å². The predicted octanol–water partition coefficient (Wildman–Crippen LogP) is 6.50. The number of ether oxygens (including phenoxy) is 1. The highest BCUT2D eigenvalue weighted by Gasteiger charge is 2.40. The van der Waals surface area contributed by atoms with Crippen molar-refractivity contribution in [2.75, 3.05) is 20.2 Å². The number of rotatable bonds is 18. The van der Waals surface area contributed by atoms with Crippen molar-refractivity contribution in [3.05, 3.63) is 0 Å². The third-order valence-corrected chi connectivity index (χ3v) is 5.63. The van der Waals surface area contributed by atoms with Crippen LogP contribution in [0.3, 0.4) is 0 Å². The van der Waals surface area contributed by atoms with Crippen LogP contribution in [0.2, 0.25) is 0 Å². The Morgan fingerprint density at radius 1 is 0.808 bits per heavy atom. The zero-order valence-electron chi connectivity index (χ0n) is 18.0. The highest BCUT2D eigenvalue weighted by Crippen LogP contribution is 2.26. The monoisotopic (exact) mass is 367 g/mol. The predicted molar refractivity (Wildman–Crippen MR) is 112 cm³/mol. The molecule has 1 rings (SSSR count). The lowest BCUT2D eigenvalue weighted by molar-refractivity contribution is -0.130. The highest BCUT2D eigenvalue weighted by molar-refractivity contribution is 5.75. The fourth-order valence-electron chi connectivity index (χ4n) is 3.64. The molecule has 26 heavy (non-hydrogen) atoms. The molecule has 1 unspecified atom stereocenters. The zero-order chi connectivity index (χ0) is 19.1. The van der Waals surface area contributed by atoms with Crippen molar-refractivity contribution in [1.82, 2.24) is 4.90 Å². The van der Waals surface area contributed by atoms with E-state index in [-0.39, 0.29) is 11.5 Å². The number of carbonyl (C=O) groups is 1. The summed E-state index contributed by atoms with van der Waals surface area (Å²) in [6.07, 6.45) is 21.2. The van der Waals surface area contributed by atoms with Gasteiger partial charge in [0.1, 0.15) is 5.60 Å². The molecule has 0 aromatic rings. The van der Waals surface area contributed by atoms with Crippen molar-refractivity contribution in [3.8, 4) is 0 Å². The molecule has 1 fully saturated rings. The molecule has 0 saturated carbocycles. The molecule has 0 aromatic heterocycles. The second kappa shape index (κ2) is 14.5. The summed E-state index contributed by atoms with van der Waals surface area (Å²) in [5.74, 6) is 0.274. The van der Waals surface area contributed by atoms with E-state index in [0.717, 1.165) is 19.6 Å². The summed E-state index contributed by atoms with van der Waals surface area (Å²) in [5, 5.41) is 0. The van der Waals surface area contributed by atoms with Gasteiger partial charge in [0.25, 0.3) is 0 Å². The normalized spacial score (nSPS) is 18.9. The maximum Gasteiger partial charge on any atom is 0.222 e. The van der Waals surface area contributed by atoms with Crippen molar-refractivity contribution >= 4 is 5.91 Å². The largest absolute Gasteiger partial charge is 0.368 e. The number of unbranched alkanes of at least 4 members (excludes halogenated alkanes) is 14. The molecule has 0 radical (unpaired) electrons. The molecule has 1 aliphatic heterocycles. The Morgan fingerprint density at radius 3 is 1.58 bits per heavy atom. The standard InChI is InChI=1S/C23H45NO2/c1-4-5-6-7-8-9-10-11-12-13-14-15-16-17-18-19-22(25)24(3)20-23(2)21-26-23/h4-21H2,1-3H3. The van der Waals surface area contributed by atoms with E-state index in [2.05, 4.69) is 13.8 Å². The summed E-state index contributed by atoms with van der Waals surface area (Å²) in [6, 6.07) is 0. The molecule has 1 saturated heterocycles. The van der Waals surface area contributed by atoms with E-state index < -0.39 is 0 Å². The van der Waals surface area contributed by atoms with Crippen LogP contribution in [-0.2, 0) is 9.53 Å². The van der Waals surface area contributed by atoms with Gasteiger partial charge >= 0.3 is 0 Å². The smallest absolute Gasteiger partial charge is 0.222 e. The Balaban J connectivity index is 1.76. The molecule has 3 nitrogen and oxygen atoms in total. The minimum atomic E-state index is -0.0561. The van der Waals surface area contributed by atoms with E-state index in [1.807, 2.05) is 11.9 Å². The van der Waals surface area contributed by atoms with Crippen LogP contribution in [0.25, 0.3) is 0 Å². The van der Waals surface area contributed by atoms with Gasteiger partial charge in [0, 0.05) is 13.5 Å². The molecular weight excluding hydrogens is 322 g/mol. The van der Waals surface area contributed by atoms with Crippen LogP contribution in [0.5, 0.6) is 0 Å². The highest BCUT2D eigenvalue weighted by atomic mass is 16.6. The van der Waals surface area contributed by atoms with Crippen molar-refractivity contribution in [2.45, 2.75) is 122 Å². The molecule has 1 atom stereocenters. The lowest BCUT2D eigenvalue weighted by Crippen LogP contribution is -2.34. The van der Waals surface area contributed by atoms with E-state index >= 15 is 0 Å². The average Bonchev–Trinajstić information content (AvgIpc) is 3.34. The van der Waals surface area contributed by atoms with Gasteiger partial charge in [0.05, 0.1) is 13.2 Å². The van der Waals surface area contributed by atoms with Crippen LogP contribution >= 0.6 is 0 Å².